The van der Waals surface area contributed by atoms with Crippen LogP contribution in [0.4, 0.5) is 5.69 Å². The second-order valence-electron chi connectivity index (χ2n) is 9.97. The highest BCUT2D eigenvalue weighted by Gasteiger charge is 2.47. The molecule has 0 aliphatic carbocycles. The van der Waals surface area contributed by atoms with E-state index in [1.54, 1.807) is 18.6 Å². The zero-order valence-electron chi connectivity index (χ0n) is 21.0. The van der Waals surface area contributed by atoms with Crippen LogP contribution in [0.3, 0.4) is 0 Å². The van der Waals surface area contributed by atoms with Crippen LogP contribution in [0.2, 0.25) is 0 Å². The number of Topliss-reactive ketones (excluding diaryl/α,β-unsaturated/α-hetero) is 1. The van der Waals surface area contributed by atoms with Crippen molar-refractivity contribution in [1.29, 1.82) is 0 Å². The Hall–Kier alpha value is -3.78. The standard InChI is InChI=1S/C29H29N3O4S/c1-29(2,3)36-28(34)26-24(18-37-32(26)20-10-7-13-30-15-20)27(33)23-16-31-25-14-21(11-12-22(23)25)35-17-19-8-5-4-6-9-19/h4-16,24,26,31H,17-18H2,1-3H3. The molecule has 1 aliphatic rings. The number of nitrogens with zero attached hydrogens (tertiary/aromatic N) is 2. The first kappa shape index (κ1) is 24.9. The lowest BCUT2D eigenvalue weighted by Gasteiger charge is -2.29. The average Bonchev–Trinajstić information content (AvgIpc) is 3.52. The Morgan fingerprint density at radius 3 is 2.65 bits per heavy atom. The summed E-state index contributed by atoms with van der Waals surface area (Å²) in [5.74, 6) is 0.0777. The molecule has 1 N–H and O–H groups in total. The topological polar surface area (TPSA) is 84.5 Å². The van der Waals surface area contributed by atoms with Crippen molar-refractivity contribution >= 4 is 40.3 Å². The number of ether oxygens (including phenoxy) is 2. The summed E-state index contributed by atoms with van der Waals surface area (Å²) in [6.07, 6.45) is 5.09. The van der Waals surface area contributed by atoms with Gasteiger partial charge >= 0.3 is 5.97 Å². The Bertz CT molecular complexity index is 1400. The van der Waals surface area contributed by atoms with Gasteiger partial charge in [0, 0.05) is 40.7 Å². The lowest BCUT2D eigenvalue weighted by atomic mass is 9.91. The molecular formula is C29H29N3O4S. The van der Waals surface area contributed by atoms with E-state index in [0.717, 1.165) is 22.2 Å². The van der Waals surface area contributed by atoms with Crippen molar-refractivity contribution < 1.29 is 19.1 Å². The number of aromatic amines is 1. The number of esters is 1. The number of fused-ring (bicyclic) bond motifs is 1. The molecule has 37 heavy (non-hydrogen) atoms. The molecule has 7 nitrogen and oxygen atoms in total. The van der Waals surface area contributed by atoms with E-state index in [9.17, 15) is 9.59 Å². The molecule has 3 heterocycles. The number of pyridine rings is 1. The predicted octanol–water partition coefficient (Wildman–Crippen LogP) is 5.82. The summed E-state index contributed by atoms with van der Waals surface area (Å²) in [7, 11) is 0. The highest BCUT2D eigenvalue weighted by atomic mass is 32.2. The summed E-state index contributed by atoms with van der Waals surface area (Å²) in [5, 5.41) is 0.796. The minimum atomic E-state index is -0.764. The molecule has 0 saturated carbocycles. The number of carbonyl (C=O) groups is 2. The van der Waals surface area contributed by atoms with E-state index in [0.29, 0.717) is 23.7 Å². The molecule has 2 atom stereocenters. The van der Waals surface area contributed by atoms with Gasteiger partial charge in [0.2, 0.25) is 0 Å². The Morgan fingerprint density at radius 1 is 1.11 bits per heavy atom. The van der Waals surface area contributed by atoms with E-state index in [1.165, 1.54) is 11.9 Å². The fourth-order valence-corrected chi connectivity index (χ4v) is 5.70. The van der Waals surface area contributed by atoms with Gasteiger partial charge in [0.05, 0.1) is 17.8 Å². The Balaban J connectivity index is 1.40. The molecule has 0 amide bonds. The van der Waals surface area contributed by atoms with Crippen molar-refractivity contribution in [3.05, 3.63) is 90.4 Å². The summed E-state index contributed by atoms with van der Waals surface area (Å²) >= 11 is 1.45. The van der Waals surface area contributed by atoms with Gasteiger partial charge in [0.1, 0.15) is 24.0 Å². The molecule has 1 saturated heterocycles. The van der Waals surface area contributed by atoms with Crippen LogP contribution in [0.25, 0.3) is 10.9 Å². The third-order valence-electron chi connectivity index (χ3n) is 6.08. The maximum absolute atomic E-state index is 13.9. The second kappa shape index (κ2) is 10.3. The van der Waals surface area contributed by atoms with Crippen molar-refractivity contribution in [2.45, 2.75) is 39.0 Å². The third kappa shape index (κ3) is 5.49. The number of nitrogens with one attached hydrogen (secondary N) is 1. The third-order valence-corrected chi connectivity index (χ3v) is 7.30. The summed E-state index contributed by atoms with van der Waals surface area (Å²) in [4.78, 5) is 34.6. The zero-order valence-corrected chi connectivity index (χ0v) is 21.8. The smallest absolute Gasteiger partial charge is 0.331 e. The van der Waals surface area contributed by atoms with E-state index in [-0.39, 0.29) is 5.78 Å². The maximum atomic E-state index is 13.9. The van der Waals surface area contributed by atoms with Gasteiger partial charge < -0.3 is 14.5 Å². The van der Waals surface area contributed by atoms with Crippen LogP contribution >= 0.6 is 11.9 Å². The molecule has 2 unspecified atom stereocenters. The molecule has 0 bridgehead atoms. The Morgan fingerprint density at radius 2 is 1.92 bits per heavy atom. The summed E-state index contributed by atoms with van der Waals surface area (Å²) in [6.45, 7) is 5.94. The highest BCUT2D eigenvalue weighted by molar-refractivity contribution is 8.01. The van der Waals surface area contributed by atoms with Crippen LogP contribution in [0.15, 0.2) is 79.3 Å². The van der Waals surface area contributed by atoms with Crippen LogP contribution in [-0.4, -0.2) is 39.1 Å². The molecule has 5 rings (SSSR count). The van der Waals surface area contributed by atoms with Crippen LogP contribution in [-0.2, 0) is 16.1 Å². The van der Waals surface area contributed by atoms with Gasteiger partial charge in [0.15, 0.2) is 5.78 Å². The van der Waals surface area contributed by atoms with E-state index in [1.807, 2.05) is 85.7 Å². The number of aromatic nitrogens is 2. The molecule has 2 aromatic heterocycles. The van der Waals surface area contributed by atoms with Crippen molar-refractivity contribution in [2.75, 3.05) is 10.1 Å². The van der Waals surface area contributed by atoms with Gasteiger partial charge in [-0.25, -0.2) is 4.79 Å². The van der Waals surface area contributed by atoms with Crippen LogP contribution < -0.4 is 9.04 Å². The summed E-state index contributed by atoms with van der Waals surface area (Å²) < 4.78 is 13.5. The van der Waals surface area contributed by atoms with Crippen LogP contribution in [0.1, 0.15) is 36.7 Å². The molecule has 2 aromatic carbocycles. The number of rotatable bonds is 7. The van der Waals surface area contributed by atoms with E-state index in [4.69, 9.17) is 9.47 Å². The summed E-state index contributed by atoms with van der Waals surface area (Å²) in [6, 6.07) is 18.5. The van der Waals surface area contributed by atoms with Gasteiger partial charge in [-0.3, -0.25) is 14.1 Å². The Labute approximate surface area is 220 Å². The van der Waals surface area contributed by atoms with E-state index < -0.39 is 23.5 Å². The minimum Gasteiger partial charge on any atom is -0.489 e. The largest absolute Gasteiger partial charge is 0.489 e. The first-order chi connectivity index (χ1) is 17.8. The summed E-state index contributed by atoms with van der Waals surface area (Å²) in [5.41, 5.74) is 2.53. The lowest BCUT2D eigenvalue weighted by Crippen LogP contribution is -2.44. The number of ketones is 1. The molecule has 1 aliphatic heterocycles. The number of hydrogen-bond acceptors (Lipinski definition) is 7. The zero-order chi connectivity index (χ0) is 26.0. The van der Waals surface area contributed by atoms with Crippen molar-refractivity contribution in [2.24, 2.45) is 5.92 Å². The first-order valence-corrected chi connectivity index (χ1v) is 13.1. The van der Waals surface area contributed by atoms with Crippen LogP contribution in [0, 0.1) is 5.92 Å². The fourth-order valence-electron chi connectivity index (χ4n) is 4.40. The number of anilines is 1. The van der Waals surface area contributed by atoms with Gasteiger partial charge in [0.25, 0.3) is 0 Å². The quantitative estimate of drug-likeness (QED) is 0.189. The normalized spacial score (nSPS) is 17.6. The maximum Gasteiger partial charge on any atom is 0.331 e. The molecule has 4 aromatic rings. The van der Waals surface area contributed by atoms with E-state index >= 15 is 0 Å². The SMILES string of the molecule is CC(C)(C)OC(=O)C1C(C(=O)c2c[nH]c3cc(OCc4ccccc4)ccc23)CSN1c1cccnc1. The number of H-pyrrole nitrogens is 1. The molecule has 8 heteroatoms. The lowest BCUT2D eigenvalue weighted by molar-refractivity contribution is -0.156. The molecule has 190 valence electrons. The van der Waals surface area contributed by atoms with Gasteiger partial charge in [-0.1, -0.05) is 30.3 Å². The predicted molar refractivity (Wildman–Crippen MR) is 146 cm³/mol. The number of carbonyl (C=O) groups excluding carboxylic acids is 2. The monoisotopic (exact) mass is 515 g/mol. The number of benzene rings is 2. The minimum absolute atomic E-state index is 0.0982. The van der Waals surface area contributed by atoms with Crippen LogP contribution in [0.5, 0.6) is 5.75 Å². The number of hydrogen-bond donors (Lipinski definition) is 1. The second-order valence-corrected chi connectivity index (χ2v) is 11.0. The Kier molecular flexibility index (Phi) is 6.93. The molecular weight excluding hydrogens is 486 g/mol. The van der Waals surface area contributed by atoms with E-state index in [2.05, 4.69) is 9.97 Å². The fraction of sp³-hybridized carbons (Fsp3) is 0.276. The molecule has 0 spiro atoms. The molecule has 0 radical (unpaired) electrons. The van der Waals surface area contributed by atoms with Gasteiger partial charge in [-0.2, -0.15) is 0 Å². The highest BCUT2D eigenvalue weighted by Crippen LogP contribution is 2.40. The van der Waals surface area contributed by atoms with Gasteiger partial charge in [-0.15, -0.1) is 0 Å². The van der Waals surface area contributed by atoms with Gasteiger partial charge in [-0.05, 0) is 62.5 Å². The molecule has 1 fully saturated rings. The van der Waals surface area contributed by atoms with Crippen molar-refractivity contribution in [1.82, 2.24) is 9.97 Å². The van der Waals surface area contributed by atoms with Crippen molar-refractivity contribution in [3.8, 4) is 5.75 Å². The van der Waals surface area contributed by atoms with Crippen molar-refractivity contribution in [3.63, 3.8) is 0 Å². The first-order valence-electron chi connectivity index (χ1n) is 12.2. The average molecular weight is 516 g/mol.